The molecule has 0 fully saturated rings. The van der Waals surface area contributed by atoms with Gasteiger partial charge in [-0.2, -0.15) is 0 Å². The number of unbranched alkanes of at least 4 members (excludes halogenated alkanes) is 2. The summed E-state index contributed by atoms with van der Waals surface area (Å²) >= 11 is 0. The van der Waals surface area contributed by atoms with Gasteiger partial charge in [-0.3, -0.25) is 0 Å². The molecule has 8 heteroatoms. The molecule has 0 aliphatic heterocycles. The molecule has 0 N–H and O–H groups in total. The summed E-state index contributed by atoms with van der Waals surface area (Å²) in [6.07, 6.45) is 1.16. The second-order valence-electron chi connectivity index (χ2n) is 6.44. The third-order valence-corrected chi connectivity index (χ3v) is 4.23. The first kappa shape index (κ1) is 22.4. The Labute approximate surface area is 165 Å². The van der Waals surface area contributed by atoms with Crippen LogP contribution >= 0.6 is 0 Å². The lowest BCUT2D eigenvalue weighted by Gasteiger charge is -2.09. The number of benzene rings is 2. The number of carbonyl (C=O) groups excluding carboxylic acids is 2. The van der Waals surface area contributed by atoms with Crippen LogP contribution in [-0.4, -0.2) is 25.2 Å². The minimum absolute atomic E-state index is 0.0826. The van der Waals surface area contributed by atoms with Crippen LogP contribution in [0.15, 0.2) is 24.3 Å². The molecular weight excluding hydrogens is 392 g/mol. The highest BCUT2D eigenvalue weighted by Crippen LogP contribution is 2.18. The van der Waals surface area contributed by atoms with Crippen molar-refractivity contribution in [1.82, 2.24) is 0 Å². The molecule has 0 saturated carbocycles. The quantitative estimate of drug-likeness (QED) is 0.346. The summed E-state index contributed by atoms with van der Waals surface area (Å²) in [7, 11) is 0. The molecule has 0 unspecified atom stereocenters. The van der Waals surface area contributed by atoms with Gasteiger partial charge < -0.3 is 9.47 Å². The van der Waals surface area contributed by atoms with Gasteiger partial charge in [0.25, 0.3) is 0 Å². The topological polar surface area (TPSA) is 52.6 Å². The molecule has 2 aromatic rings. The van der Waals surface area contributed by atoms with Gasteiger partial charge >= 0.3 is 11.9 Å². The summed E-state index contributed by atoms with van der Waals surface area (Å²) in [5.74, 6) is -6.11. The number of esters is 2. The molecule has 0 aromatic heterocycles. The summed E-state index contributed by atoms with van der Waals surface area (Å²) in [6.45, 7) is 2.64. The fourth-order valence-electron chi connectivity index (χ4n) is 2.54. The number of halogens is 4. The highest BCUT2D eigenvalue weighted by molar-refractivity contribution is 5.90. The minimum Gasteiger partial charge on any atom is -0.462 e. The highest BCUT2D eigenvalue weighted by Gasteiger charge is 2.21. The summed E-state index contributed by atoms with van der Waals surface area (Å²) in [5, 5.41) is 0. The second kappa shape index (κ2) is 10.0. The van der Waals surface area contributed by atoms with Gasteiger partial charge in [-0.1, -0.05) is 12.1 Å². The number of hydrogen-bond donors (Lipinski definition) is 0. The monoisotopic (exact) mass is 412 g/mol. The van der Waals surface area contributed by atoms with Gasteiger partial charge in [-0.05, 0) is 56.4 Å². The number of carbonyl (C=O) groups is 2. The van der Waals surface area contributed by atoms with Crippen LogP contribution in [-0.2, 0) is 9.47 Å². The first-order valence-electron chi connectivity index (χ1n) is 8.97. The van der Waals surface area contributed by atoms with Crippen molar-refractivity contribution in [2.24, 2.45) is 0 Å². The first-order valence-corrected chi connectivity index (χ1v) is 8.97. The van der Waals surface area contributed by atoms with E-state index in [0.29, 0.717) is 19.3 Å². The lowest BCUT2D eigenvalue weighted by molar-refractivity contribution is 0.0467. The first-order chi connectivity index (χ1) is 13.7. The van der Waals surface area contributed by atoms with Crippen LogP contribution in [0, 0.1) is 37.1 Å². The second-order valence-corrected chi connectivity index (χ2v) is 6.44. The summed E-state index contributed by atoms with van der Waals surface area (Å²) in [5.41, 5.74) is -1.22. The summed E-state index contributed by atoms with van der Waals surface area (Å²) in [4.78, 5) is 23.6. The van der Waals surface area contributed by atoms with Crippen LogP contribution in [0.5, 0.6) is 0 Å². The predicted octanol–water partition coefficient (Wildman–Crippen LogP) is 5.04. The predicted molar refractivity (Wildman–Crippen MR) is 96.6 cm³/mol. The molecule has 0 spiro atoms. The van der Waals surface area contributed by atoms with Crippen LogP contribution < -0.4 is 0 Å². The maximum atomic E-state index is 13.8. The summed E-state index contributed by atoms with van der Waals surface area (Å²) in [6, 6.07) is 4.42. The van der Waals surface area contributed by atoms with Gasteiger partial charge in [0.1, 0.15) is 34.4 Å². The molecule has 0 amide bonds. The van der Waals surface area contributed by atoms with Gasteiger partial charge in [-0.25, -0.2) is 27.2 Å². The fourth-order valence-corrected chi connectivity index (χ4v) is 2.54. The standard InChI is InChI=1S/C21H20F4O4/c1-12-6-8-14(22)16(18(12)24)20(26)28-10-4-3-5-11-29-21(27)17-15(23)9-7-13(2)19(17)25/h6-9H,3-5,10-11H2,1-2H3. The van der Waals surface area contributed by atoms with E-state index in [0.717, 1.165) is 12.1 Å². The van der Waals surface area contributed by atoms with Crippen molar-refractivity contribution in [3.63, 3.8) is 0 Å². The Bertz CT molecular complexity index is 839. The Kier molecular flexibility index (Phi) is 7.75. The van der Waals surface area contributed by atoms with Gasteiger partial charge in [0.2, 0.25) is 0 Å². The van der Waals surface area contributed by atoms with Gasteiger partial charge in [0.15, 0.2) is 0 Å². The van der Waals surface area contributed by atoms with E-state index in [1.54, 1.807) is 0 Å². The Morgan fingerprint density at radius 3 is 1.45 bits per heavy atom. The maximum absolute atomic E-state index is 13.8. The largest absolute Gasteiger partial charge is 0.462 e. The Hall–Kier alpha value is -2.90. The lowest BCUT2D eigenvalue weighted by atomic mass is 10.1. The van der Waals surface area contributed by atoms with Crippen molar-refractivity contribution < 1.29 is 36.6 Å². The van der Waals surface area contributed by atoms with Crippen molar-refractivity contribution in [3.05, 3.63) is 69.8 Å². The molecule has 0 aliphatic carbocycles. The van der Waals surface area contributed by atoms with Crippen LogP contribution in [0.3, 0.4) is 0 Å². The van der Waals surface area contributed by atoms with Crippen LogP contribution in [0.2, 0.25) is 0 Å². The number of rotatable bonds is 8. The fraction of sp³-hybridized carbons (Fsp3) is 0.333. The Balaban J connectivity index is 1.72. The molecule has 156 valence electrons. The highest BCUT2D eigenvalue weighted by atomic mass is 19.1. The number of aryl methyl sites for hydroxylation is 2. The van der Waals surface area contributed by atoms with E-state index in [-0.39, 0.29) is 24.3 Å². The van der Waals surface area contributed by atoms with Crippen LogP contribution in [0.1, 0.15) is 51.1 Å². The molecule has 0 saturated heterocycles. The van der Waals surface area contributed by atoms with Crippen LogP contribution in [0.4, 0.5) is 17.6 Å². The molecule has 29 heavy (non-hydrogen) atoms. The van der Waals surface area contributed by atoms with Crippen molar-refractivity contribution in [2.75, 3.05) is 13.2 Å². The molecule has 0 aliphatic rings. The molecule has 2 rings (SSSR count). The number of hydrogen-bond acceptors (Lipinski definition) is 4. The molecule has 2 aromatic carbocycles. The smallest absolute Gasteiger partial charge is 0.344 e. The van der Waals surface area contributed by atoms with Crippen molar-refractivity contribution in [3.8, 4) is 0 Å². The SMILES string of the molecule is Cc1ccc(F)c(C(=O)OCCCCCOC(=O)c2c(F)ccc(C)c2F)c1F. The average Bonchev–Trinajstić information content (AvgIpc) is 2.67. The van der Waals surface area contributed by atoms with E-state index in [1.807, 2.05) is 0 Å². The summed E-state index contributed by atoms with van der Waals surface area (Å²) < 4.78 is 64.6. The Morgan fingerprint density at radius 2 is 1.07 bits per heavy atom. The van der Waals surface area contributed by atoms with Crippen LogP contribution in [0.25, 0.3) is 0 Å². The number of ether oxygens (including phenoxy) is 2. The maximum Gasteiger partial charge on any atom is 0.344 e. The van der Waals surface area contributed by atoms with E-state index in [4.69, 9.17) is 9.47 Å². The third-order valence-electron chi connectivity index (χ3n) is 4.23. The zero-order chi connectivity index (χ0) is 21.6. The minimum atomic E-state index is -1.10. The van der Waals surface area contributed by atoms with Gasteiger partial charge in [0.05, 0.1) is 13.2 Å². The van der Waals surface area contributed by atoms with E-state index in [2.05, 4.69) is 0 Å². The zero-order valence-electron chi connectivity index (χ0n) is 16.0. The molecule has 0 radical (unpaired) electrons. The lowest BCUT2D eigenvalue weighted by Crippen LogP contribution is -2.13. The van der Waals surface area contributed by atoms with E-state index < -0.39 is 46.3 Å². The molecule has 0 bridgehead atoms. The molecular formula is C21H20F4O4. The average molecular weight is 412 g/mol. The van der Waals surface area contributed by atoms with Crippen molar-refractivity contribution in [2.45, 2.75) is 33.1 Å². The third kappa shape index (κ3) is 5.56. The normalized spacial score (nSPS) is 10.7. The molecule has 0 atom stereocenters. The van der Waals surface area contributed by atoms with Crippen molar-refractivity contribution >= 4 is 11.9 Å². The Morgan fingerprint density at radius 1 is 0.690 bits per heavy atom. The molecule has 4 nitrogen and oxygen atoms in total. The zero-order valence-corrected chi connectivity index (χ0v) is 16.0. The van der Waals surface area contributed by atoms with E-state index >= 15 is 0 Å². The van der Waals surface area contributed by atoms with Gasteiger partial charge in [-0.15, -0.1) is 0 Å². The van der Waals surface area contributed by atoms with Gasteiger partial charge in [0, 0.05) is 0 Å². The molecule has 0 heterocycles. The van der Waals surface area contributed by atoms with E-state index in [9.17, 15) is 27.2 Å². The van der Waals surface area contributed by atoms with Crippen molar-refractivity contribution in [1.29, 1.82) is 0 Å². The van der Waals surface area contributed by atoms with E-state index in [1.165, 1.54) is 26.0 Å².